The second-order valence-electron chi connectivity index (χ2n) is 8.69. The lowest BCUT2D eigenvalue weighted by Gasteiger charge is -2.37. The van der Waals surface area contributed by atoms with Crippen LogP contribution >= 0.6 is 0 Å². The van der Waals surface area contributed by atoms with Crippen LogP contribution in [-0.4, -0.2) is 82.1 Å². The minimum absolute atomic E-state index is 0.0237. The number of likely N-dealkylation sites (tertiary alicyclic amines) is 1. The molecular weight excluding hydrogens is 454 g/mol. The van der Waals surface area contributed by atoms with E-state index in [9.17, 15) is 14.4 Å². The lowest BCUT2D eigenvalue weighted by molar-refractivity contribution is -0.148. The standard InChI is InChI=1S/C24H27N5O6/c1-2-33-20(30)14-34-27-21(18-7-10-25-26-18)23(31)28-11-8-16(9-12-28)29-22-17-6-4-3-5-15(17)13-19(22)35-24(29)32/h3-7,10,16,19,22H,2,8-9,11-14H2,1H3,(H,25,26)/b27-21+. The van der Waals surface area contributed by atoms with Crippen molar-refractivity contribution in [3.8, 4) is 0 Å². The second-order valence-corrected chi connectivity index (χ2v) is 8.69. The van der Waals surface area contributed by atoms with Crippen molar-refractivity contribution in [3.05, 3.63) is 53.3 Å². The molecule has 2 atom stereocenters. The summed E-state index contributed by atoms with van der Waals surface area (Å²) >= 11 is 0. The number of esters is 1. The molecule has 2 unspecified atom stereocenters. The van der Waals surface area contributed by atoms with Crippen LogP contribution < -0.4 is 0 Å². The van der Waals surface area contributed by atoms with Gasteiger partial charge in [-0.2, -0.15) is 5.10 Å². The number of hydrogen-bond donors (Lipinski definition) is 1. The first-order chi connectivity index (χ1) is 17.1. The molecule has 1 aliphatic carbocycles. The summed E-state index contributed by atoms with van der Waals surface area (Å²) in [5.74, 6) is -0.914. The smallest absolute Gasteiger partial charge is 0.411 e. The molecule has 11 nitrogen and oxygen atoms in total. The van der Waals surface area contributed by atoms with E-state index in [-0.39, 0.29) is 42.5 Å². The summed E-state index contributed by atoms with van der Waals surface area (Å²) in [4.78, 5) is 46.2. The first-order valence-corrected chi connectivity index (χ1v) is 11.8. The fourth-order valence-corrected chi connectivity index (χ4v) is 5.09. The molecule has 1 aromatic heterocycles. The number of benzene rings is 1. The molecule has 2 aromatic rings. The Kier molecular flexibility index (Phi) is 6.39. The Morgan fingerprint density at radius 3 is 2.77 bits per heavy atom. The molecule has 0 saturated carbocycles. The zero-order valence-corrected chi connectivity index (χ0v) is 19.4. The number of nitrogens with zero attached hydrogens (tertiary/aromatic N) is 4. The number of rotatable bonds is 7. The number of oxime groups is 1. The van der Waals surface area contributed by atoms with Crippen molar-refractivity contribution in [1.82, 2.24) is 20.0 Å². The van der Waals surface area contributed by atoms with E-state index in [1.165, 1.54) is 11.8 Å². The fourth-order valence-electron chi connectivity index (χ4n) is 5.09. The third kappa shape index (κ3) is 4.45. The molecule has 2 aliphatic heterocycles. The molecule has 1 aromatic carbocycles. The largest absolute Gasteiger partial charge is 0.463 e. The predicted octanol–water partition coefficient (Wildman–Crippen LogP) is 1.80. The molecule has 5 rings (SSSR count). The monoisotopic (exact) mass is 481 g/mol. The van der Waals surface area contributed by atoms with Crippen LogP contribution in [0.3, 0.4) is 0 Å². The van der Waals surface area contributed by atoms with Gasteiger partial charge in [0, 0.05) is 31.7 Å². The molecular formula is C24H27N5O6. The van der Waals surface area contributed by atoms with Crippen molar-refractivity contribution < 1.29 is 28.7 Å². The maximum atomic E-state index is 13.3. The van der Waals surface area contributed by atoms with Crippen LogP contribution in [0.15, 0.2) is 41.7 Å². The highest BCUT2D eigenvalue weighted by molar-refractivity contribution is 6.44. The summed E-state index contributed by atoms with van der Waals surface area (Å²) in [6.45, 7) is 2.40. The highest BCUT2D eigenvalue weighted by atomic mass is 16.7. The highest BCUT2D eigenvalue weighted by Crippen LogP contribution is 2.44. The number of carbonyl (C=O) groups is 3. The number of aromatic nitrogens is 2. The summed E-state index contributed by atoms with van der Waals surface area (Å²) in [6.07, 6.45) is 3.03. The second kappa shape index (κ2) is 9.77. The third-order valence-electron chi connectivity index (χ3n) is 6.66. The van der Waals surface area contributed by atoms with Gasteiger partial charge in [-0.05, 0) is 37.0 Å². The van der Waals surface area contributed by atoms with Gasteiger partial charge in [-0.3, -0.25) is 14.8 Å². The van der Waals surface area contributed by atoms with Crippen molar-refractivity contribution in [2.45, 2.75) is 44.4 Å². The summed E-state index contributed by atoms with van der Waals surface area (Å²) in [5.41, 5.74) is 2.77. The van der Waals surface area contributed by atoms with Gasteiger partial charge in [0.15, 0.2) is 5.71 Å². The highest BCUT2D eigenvalue weighted by Gasteiger charge is 2.50. The van der Waals surface area contributed by atoms with Crippen LogP contribution in [-0.2, 0) is 30.3 Å². The minimum atomic E-state index is -0.572. The van der Waals surface area contributed by atoms with E-state index in [0.29, 0.717) is 31.6 Å². The molecule has 3 aliphatic rings. The first-order valence-electron chi connectivity index (χ1n) is 11.8. The number of nitrogens with one attached hydrogen (secondary N) is 1. The molecule has 11 heteroatoms. The molecule has 0 spiro atoms. The average molecular weight is 482 g/mol. The van der Waals surface area contributed by atoms with Crippen molar-refractivity contribution in [3.63, 3.8) is 0 Å². The Hall–Kier alpha value is -3.89. The molecule has 2 saturated heterocycles. The molecule has 2 fully saturated rings. The zero-order valence-electron chi connectivity index (χ0n) is 19.4. The maximum Gasteiger partial charge on any atom is 0.411 e. The molecule has 0 radical (unpaired) electrons. The SMILES string of the molecule is CCOC(=O)CO/N=C(/C(=O)N1CCC(N2C(=O)OC3Cc4ccccc4C32)CC1)c1ccn[nH]1. The number of carbonyl (C=O) groups excluding carboxylic acids is 3. The van der Waals surface area contributed by atoms with Gasteiger partial charge < -0.3 is 19.2 Å². The molecule has 1 N–H and O–H groups in total. The Morgan fingerprint density at radius 2 is 2.03 bits per heavy atom. The van der Waals surface area contributed by atoms with E-state index in [2.05, 4.69) is 27.5 Å². The van der Waals surface area contributed by atoms with E-state index in [1.807, 2.05) is 17.0 Å². The van der Waals surface area contributed by atoms with Gasteiger partial charge >= 0.3 is 12.1 Å². The number of piperidine rings is 1. The van der Waals surface area contributed by atoms with Crippen molar-refractivity contribution >= 4 is 23.7 Å². The van der Waals surface area contributed by atoms with Crippen LogP contribution in [0.25, 0.3) is 0 Å². The molecule has 35 heavy (non-hydrogen) atoms. The van der Waals surface area contributed by atoms with Crippen LogP contribution in [0.2, 0.25) is 0 Å². The van der Waals surface area contributed by atoms with Gasteiger partial charge in [0.2, 0.25) is 6.61 Å². The van der Waals surface area contributed by atoms with Gasteiger partial charge in [0.1, 0.15) is 6.10 Å². The summed E-state index contributed by atoms with van der Waals surface area (Å²) < 4.78 is 10.5. The van der Waals surface area contributed by atoms with Crippen LogP contribution in [0.5, 0.6) is 0 Å². The van der Waals surface area contributed by atoms with E-state index < -0.39 is 12.6 Å². The lowest BCUT2D eigenvalue weighted by atomic mass is 9.98. The zero-order chi connectivity index (χ0) is 24.4. The Bertz CT molecular complexity index is 1130. The van der Waals surface area contributed by atoms with Crippen molar-refractivity contribution in [2.75, 3.05) is 26.3 Å². The van der Waals surface area contributed by atoms with E-state index in [4.69, 9.17) is 14.3 Å². The normalized spacial score (nSPS) is 22.0. The molecule has 2 amide bonds. The van der Waals surface area contributed by atoms with Crippen LogP contribution in [0.4, 0.5) is 4.79 Å². The number of hydrogen-bond acceptors (Lipinski definition) is 8. The number of fused-ring (bicyclic) bond motifs is 3. The van der Waals surface area contributed by atoms with Crippen molar-refractivity contribution in [1.29, 1.82) is 0 Å². The van der Waals surface area contributed by atoms with Gasteiger partial charge in [-0.25, -0.2) is 9.59 Å². The maximum absolute atomic E-state index is 13.3. The molecule has 3 heterocycles. The minimum Gasteiger partial charge on any atom is -0.463 e. The van der Waals surface area contributed by atoms with E-state index in [1.54, 1.807) is 17.9 Å². The Morgan fingerprint density at radius 1 is 1.23 bits per heavy atom. The summed E-state index contributed by atoms with van der Waals surface area (Å²) in [5, 5.41) is 10.5. The Labute approximate surface area is 202 Å². The Balaban J connectivity index is 1.25. The number of ether oxygens (including phenoxy) is 2. The van der Waals surface area contributed by atoms with Crippen LogP contribution in [0.1, 0.15) is 42.6 Å². The molecule has 184 valence electrons. The summed E-state index contributed by atoms with van der Waals surface area (Å²) in [7, 11) is 0. The van der Waals surface area contributed by atoms with Gasteiger partial charge in [-0.15, -0.1) is 0 Å². The fraction of sp³-hybridized carbons (Fsp3) is 0.458. The van der Waals surface area contributed by atoms with Crippen molar-refractivity contribution in [2.24, 2.45) is 5.16 Å². The van der Waals surface area contributed by atoms with Gasteiger partial charge in [0.05, 0.1) is 18.3 Å². The predicted molar refractivity (Wildman–Crippen MR) is 122 cm³/mol. The summed E-state index contributed by atoms with van der Waals surface area (Å²) in [6, 6.07) is 9.65. The third-order valence-corrected chi connectivity index (χ3v) is 6.66. The molecule has 0 bridgehead atoms. The van der Waals surface area contributed by atoms with Crippen LogP contribution in [0, 0.1) is 0 Å². The lowest BCUT2D eigenvalue weighted by Crippen LogP contribution is -2.49. The first kappa shape index (κ1) is 22.9. The van der Waals surface area contributed by atoms with Gasteiger partial charge in [-0.1, -0.05) is 29.4 Å². The quantitative estimate of drug-likeness (QED) is 0.363. The number of aromatic amines is 1. The topological polar surface area (TPSA) is 126 Å². The van der Waals surface area contributed by atoms with Gasteiger partial charge in [0.25, 0.3) is 5.91 Å². The van der Waals surface area contributed by atoms with E-state index in [0.717, 1.165) is 12.0 Å². The van der Waals surface area contributed by atoms with E-state index >= 15 is 0 Å². The average Bonchev–Trinajstić information content (AvgIpc) is 3.58. The number of amides is 2. The number of H-pyrrole nitrogens is 1.